The predicted molar refractivity (Wildman–Crippen MR) is 113 cm³/mol. The molecule has 0 bridgehead atoms. The summed E-state index contributed by atoms with van der Waals surface area (Å²) >= 11 is 7.46. The first-order valence-corrected chi connectivity index (χ1v) is 10.1. The summed E-state index contributed by atoms with van der Waals surface area (Å²) in [6.45, 7) is 2.04. The maximum atomic E-state index is 12.3. The van der Waals surface area contributed by atoms with E-state index in [1.165, 1.54) is 16.9 Å². The van der Waals surface area contributed by atoms with Gasteiger partial charge in [0.2, 0.25) is 5.91 Å². The number of carbonyl (C=O) groups excluding carboxylic acids is 1. The van der Waals surface area contributed by atoms with Crippen molar-refractivity contribution in [1.82, 2.24) is 10.3 Å². The topological polar surface area (TPSA) is 54.0 Å². The maximum absolute atomic E-state index is 12.3. The molecule has 140 valence electrons. The molecule has 2 aromatic carbocycles. The SMILES string of the molecule is CC(CCc1ccccc1)NC(=O)Cc1csc(Nc2cccc(Cl)c2)n1. The molecule has 1 heterocycles. The molecular weight excluding hydrogens is 378 g/mol. The Kier molecular flexibility index (Phi) is 6.85. The van der Waals surface area contributed by atoms with E-state index in [9.17, 15) is 4.79 Å². The van der Waals surface area contributed by atoms with E-state index in [0.717, 1.165) is 29.4 Å². The molecule has 0 aliphatic heterocycles. The van der Waals surface area contributed by atoms with E-state index >= 15 is 0 Å². The van der Waals surface area contributed by atoms with Crippen LogP contribution >= 0.6 is 22.9 Å². The van der Waals surface area contributed by atoms with Crippen molar-refractivity contribution >= 4 is 39.7 Å². The van der Waals surface area contributed by atoms with E-state index < -0.39 is 0 Å². The zero-order chi connectivity index (χ0) is 19.1. The highest BCUT2D eigenvalue weighted by Gasteiger charge is 2.11. The second-order valence-corrected chi connectivity index (χ2v) is 7.74. The van der Waals surface area contributed by atoms with Crippen molar-refractivity contribution in [2.75, 3.05) is 5.32 Å². The van der Waals surface area contributed by atoms with Crippen LogP contribution in [0.4, 0.5) is 10.8 Å². The third kappa shape index (κ3) is 6.38. The van der Waals surface area contributed by atoms with E-state index in [0.29, 0.717) is 5.02 Å². The third-order valence-corrected chi connectivity index (χ3v) is 5.13. The van der Waals surface area contributed by atoms with Gasteiger partial charge in [0.25, 0.3) is 0 Å². The van der Waals surface area contributed by atoms with Gasteiger partial charge in [-0.25, -0.2) is 4.98 Å². The number of amides is 1. The van der Waals surface area contributed by atoms with Gasteiger partial charge in [0.15, 0.2) is 5.13 Å². The Hall–Kier alpha value is -2.37. The van der Waals surface area contributed by atoms with Gasteiger partial charge in [-0.15, -0.1) is 11.3 Å². The van der Waals surface area contributed by atoms with Gasteiger partial charge >= 0.3 is 0 Å². The van der Waals surface area contributed by atoms with Crippen LogP contribution in [0.5, 0.6) is 0 Å². The fourth-order valence-electron chi connectivity index (χ4n) is 2.73. The lowest BCUT2D eigenvalue weighted by atomic mass is 10.1. The van der Waals surface area contributed by atoms with Gasteiger partial charge in [-0.2, -0.15) is 0 Å². The molecule has 27 heavy (non-hydrogen) atoms. The fourth-order valence-corrected chi connectivity index (χ4v) is 3.65. The summed E-state index contributed by atoms with van der Waals surface area (Å²) < 4.78 is 0. The molecule has 4 nitrogen and oxygen atoms in total. The molecule has 1 amide bonds. The van der Waals surface area contributed by atoms with Crippen molar-refractivity contribution in [2.24, 2.45) is 0 Å². The Bertz CT molecular complexity index is 882. The highest BCUT2D eigenvalue weighted by atomic mass is 35.5. The van der Waals surface area contributed by atoms with Crippen LogP contribution in [0.15, 0.2) is 60.0 Å². The smallest absolute Gasteiger partial charge is 0.226 e. The number of carbonyl (C=O) groups is 1. The van der Waals surface area contributed by atoms with Gasteiger partial charge in [-0.3, -0.25) is 4.79 Å². The lowest BCUT2D eigenvalue weighted by Gasteiger charge is -2.13. The molecule has 3 rings (SSSR count). The van der Waals surface area contributed by atoms with E-state index in [1.807, 2.05) is 54.8 Å². The Morgan fingerprint density at radius 3 is 2.78 bits per heavy atom. The summed E-state index contributed by atoms with van der Waals surface area (Å²) in [7, 11) is 0. The van der Waals surface area contributed by atoms with Crippen LogP contribution < -0.4 is 10.6 Å². The number of thiazole rings is 1. The number of rotatable bonds is 8. The number of anilines is 2. The normalized spacial score (nSPS) is 11.8. The molecule has 1 atom stereocenters. The maximum Gasteiger partial charge on any atom is 0.226 e. The van der Waals surface area contributed by atoms with Crippen molar-refractivity contribution < 1.29 is 4.79 Å². The molecule has 0 fully saturated rings. The van der Waals surface area contributed by atoms with Gasteiger partial charge in [0.05, 0.1) is 12.1 Å². The molecule has 0 saturated heterocycles. The summed E-state index contributed by atoms with van der Waals surface area (Å²) in [4.78, 5) is 16.7. The number of nitrogens with zero attached hydrogens (tertiary/aromatic N) is 1. The monoisotopic (exact) mass is 399 g/mol. The van der Waals surface area contributed by atoms with Gasteiger partial charge in [-0.05, 0) is 43.5 Å². The highest BCUT2D eigenvalue weighted by Crippen LogP contribution is 2.23. The van der Waals surface area contributed by atoms with E-state index in [1.54, 1.807) is 0 Å². The zero-order valence-electron chi connectivity index (χ0n) is 15.1. The van der Waals surface area contributed by atoms with Gasteiger partial charge in [0.1, 0.15) is 0 Å². The van der Waals surface area contributed by atoms with Crippen molar-refractivity contribution in [1.29, 1.82) is 0 Å². The second-order valence-electron chi connectivity index (χ2n) is 6.45. The molecule has 1 aromatic heterocycles. The van der Waals surface area contributed by atoms with Gasteiger partial charge in [-0.1, -0.05) is 48.0 Å². The Morgan fingerprint density at radius 2 is 2.00 bits per heavy atom. The first-order chi connectivity index (χ1) is 13.1. The van der Waals surface area contributed by atoms with Crippen LogP contribution in [0.25, 0.3) is 0 Å². The molecule has 3 aromatic rings. The van der Waals surface area contributed by atoms with E-state index in [-0.39, 0.29) is 18.4 Å². The number of hydrogen-bond donors (Lipinski definition) is 2. The minimum absolute atomic E-state index is 0.00447. The predicted octanol–water partition coefficient (Wildman–Crippen LogP) is 5.22. The first-order valence-electron chi connectivity index (χ1n) is 8.89. The summed E-state index contributed by atoms with van der Waals surface area (Å²) in [6.07, 6.45) is 2.14. The fraction of sp³-hybridized carbons (Fsp3) is 0.238. The molecule has 0 radical (unpaired) electrons. The van der Waals surface area contributed by atoms with Crippen LogP contribution in [-0.4, -0.2) is 16.9 Å². The molecule has 0 spiro atoms. The Morgan fingerprint density at radius 1 is 1.19 bits per heavy atom. The van der Waals surface area contributed by atoms with Crippen molar-refractivity contribution in [3.8, 4) is 0 Å². The van der Waals surface area contributed by atoms with Crippen molar-refractivity contribution in [3.63, 3.8) is 0 Å². The molecule has 1 unspecified atom stereocenters. The zero-order valence-corrected chi connectivity index (χ0v) is 16.7. The number of nitrogens with one attached hydrogen (secondary N) is 2. The standard InChI is InChI=1S/C21H22ClN3OS/c1-15(10-11-16-6-3-2-4-7-16)23-20(26)13-19-14-27-21(25-19)24-18-9-5-8-17(22)12-18/h2-9,12,14-15H,10-11,13H2,1H3,(H,23,26)(H,24,25). The third-order valence-electron chi connectivity index (χ3n) is 4.09. The summed E-state index contributed by atoms with van der Waals surface area (Å²) in [5, 5.41) is 9.58. The summed E-state index contributed by atoms with van der Waals surface area (Å²) in [6, 6.07) is 17.9. The van der Waals surface area contributed by atoms with Crippen LogP contribution in [0.1, 0.15) is 24.6 Å². The van der Waals surface area contributed by atoms with Crippen LogP contribution in [0.3, 0.4) is 0 Å². The number of halogens is 1. The Labute approximate surface area is 168 Å². The van der Waals surface area contributed by atoms with Crippen LogP contribution in [0, 0.1) is 0 Å². The summed E-state index contributed by atoms with van der Waals surface area (Å²) in [5.41, 5.74) is 2.93. The number of aryl methyl sites for hydroxylation is 1. The highest BCUT2D eigenvalue weighted by molar-refractivity contribution is 7.13. The summed E-state index contributed by atoms with van der Waals surface area (Å²) in [5.74, 6) is -0.00447. The largest absolute Gasteiger partial charge is 0.353 e. The molecule has 0 aliphatic carbocycles. The Balaban J connectivity index is 1.46. The van der Waals surface area contributed by atoms with E-state index in [4.69, 9.17) is 11.6 Å². The molecule has 0 saturated carbocycles. The lowest BCUT2D eigenvalue weighted by Crippen LogP contribution is -2.34. The molecule has 0 aliphatic rings. The second kappa shape index (κ2) is 9.53. The number of benzene rings is 2. The van der Waals surface area contributed by atoms with Gasteiger partial charge < -0.3 is 10.6 Å². The molecule has 2 N–H and O–H groups in total. The average Bonchev–Trinajstić information content (AvgIpc) is 3.07. The van der Waals surface area contributed by atoms with Crippen LogP contribution in [0.2, 0.25) is 5.02 Å². The molecule has 6 heteroatoms. The minimum atomic E-state index is -0.00447. The lowest BCUT2D eigenvalue weighted by molar-refractivity contribution is -0.121. The average molecular weight is 400 g/mol. The van der Waals surface area contributed by atoms with Crippen molar-refractivity contribution in [2.45, 2.75) is 32.2 Å². The number of hydrogen-bond acceptors (Lipinski definition) is 4. The van der Waals surface area contributed by atoms with Crippen molar-refractivity contribution in [3.05, 3.63) is 76.3 Å². The molecular formula is C21H22ClN3OS. The minimum Gasteiger partial charge on any atom is -0.353 e. The quantitative estimate of drug-likeness (QED) is 0.546. The number of aromatic nitrogens is 1. The van der Waals surface area contributed by atoms with E-state index in [2.05, 4.69) is 27.8 Å². The first kappa shape index (κ1) is 19.4. The van der Waals surface area contributed by atoms with Crippen LogP contribution in [-0.2, 0) is 17.6 Å². The van der Waals surface area contributed by atoms with Gasteiger partial charge in [0, 0.05) is 22.1 Å².